The highest BCUT2D eigenvalue weighted by atomic mass is 35.5. The van der Waals surface area contributed by atoms with Crippen molar-refractivity contribution < 1.29 is 4.74 Å². The summed E-state index contributed by atoms with van der Waals surface area (Å²) in [7, 11) is 1.81. The van der Waals surface area contributed by atoms with Gasteiger partial charge in [-0.1, -0.05) is 30.3 Å². The van der Waals surface area contributed by atoms with Gasteiger partial charge >= 0.3 is 0 Å². The Morgan fingerprint density at radius 2 is 2.00 bits per heavy atom. The molecule has 0 aliphatic carbocycles. The number of hydrogen-bond donors (Lipinski definition) is 0. The van der Waals surface area contributed by atoms with E-state index >= 15 is 0 Å². The van der Waals surface area contributed by atoms with Crippen LogP contribution in [0.1, 0.15) is 30.9 Å². The number of piperidine rings is 1. The number of nitrogens with zero attached hydrogens (tertiary/aromatic N) is 2. The molecule has 18 heavy (non-hydrogen) atoms. The molecule has 0 saturated carbocycles. The molecule has 0 bridgehead atoms. The normalized spacial score (nSPS) is 28.5. The van der Waals surface area contributed by atoms with Gasteiger partial charge in [0.05, 0.1) is 6.04 Å². The summed E-state index contributed by atoms with van der Waals surface area (Å²) < 4.78 is 6.02. The Bertz CT molecular complexity index is 421. The van der Waals surface area contributed by atoms with Crippen LogP contribution in [0.25, 0.3) is 0 Å². The molecule has 0 radical (unpaired) electrons. The van der Waals surface area contributed by atoms with Crippen LogP contribution in [-0.4, -0.2) is 30.6 Å². The van der Waals surface area contributed by atoms with E-state index in [2.05, 4.69) is 34.2 Å². The van der Waals surface area contributed by atoms with E-state index in [4.69, 9.17) is 4.74 Å². The maximum atomic E-state index is 6.02. The minimum Gasteiger partial charge on any atom is -0.455 e. The van der Waals surface area contributed by atoms with E-state index in [9.17, 15) is 0 Å². The first kappa shape index (κ1) is 13.2. The summed E-state index contributed by atoms with van der Waals surface area (Å²) in [5, 5.41) is 0. The smallest absolute Gasteiger partial charge is 0.288 e. The highest BCUT2D eigenvalue weighted by Crippen LogP contribution is 2.37. The molecule has 0 unspecified atom stereocenters. The third-order valence-corrected chi connectivity index (χ3v) is 3.70. The van der Waals surface area contributed by atoms with Gasteiger partial charge in [-0.15, -0.1) is 12.4 Å². The van der Waals surface area contributed by atoms with E-state index in [1.165, 1.54) is 24.8 Å². The molecule has 3 rings (SSSR count). The molecule has 0 N–H and O–H groups in total. The summed E-state index contributed by atoms with van der Waals surface area (Å²) in [6.45, 7) is 1.08. The maximum Gasteiger partial charge on any atom is 0.288 e. The molecular weight excluding hydrogens is 248 g/mol. The number of amidine groups is 1. The lowest BCUT2D eigenvalue weighted by molar-refractivity contribution is 0.168. The van der Waals surface area contributed by atoms with Gasteiger partial charge in [-0.3, -0.25) is 0 Å². The van der Waals surface area contributed by atoms with Crippen LogP contribution in [0.3, 0.4) is 0 Å². The topological polar surface area (TPSA) is 24.8 Å². The Labute approximate surface area is 114 Å². The van der Waals surface area contributed by atoms with Crippen LogP contribution in [0.4, 0.5) is 0 Å². The molecule has 0 aromatic heterocycles. The highest BCUT2D eigenvalue weighted by Gasteiger charge is 2.41. The average molecular weight is 267 g/mol. The van der Waals surface area contributed by atoms with E-state index < -0.39 is 0 Å². The van der Waals surface area contributed by atoms with E-state index in [1.807, 2.05) is 13.1 Å². The summed E-state index contributed by atoms with van der Waals surface area (Å²) in [4.78, 5) is 6.60. The number of aliphatic imine (C=N–C) groups is 1. The zero-order valence-corrected chi connectivity index (χ0v) is 11.4. The predicted molar refractivity (Wildman–Crippen MR) is 75.2 cm³/mol. The molecule has 1 aromatic carbocycles. The first-order valence-corrected chi connectivity index (χ1v) is 6.35. The number of halogens is 1. The largest absolute Gasteiger partial charge is 0.455 e. The molecular formula is C14H19ClN2O. The molecule has 0 spiro atoms. The van der Waals surface area contributed by atoms with Crippen LogP contribution < -0.4 is 0 Å². The molecule has 2 saturated heterocycles. The van der Waals surface area contributed by atoms with Crippen molar-refractivity contribution in [3.63, 3.8) is 0 Å². The van der Waals surface area contributed by atoms with Crippen LogP contribution in [0, 0.1) is 0 Å². The zero-order valence-electron chi connectivity index (χ0n) is 10.6. The lowest BCUT2D eigenvalue weighted by Gasteiger charge is -2.30. The Balaban J connectivity index is 0.00000120. The lowest BCUT2D eigenvalue weighted by Crippen LogP contribution is -2.38. The van der Waals surface area contributed by atoms with E-state index in [0.29, 0.717) is 6.04 Å². The van der Waals surface area contributed by atoms with E-state index in [-0.39, 0.29) is 18.5 Å². The number of fused-ring (bicyclic) bond motifs is 1. The average Bonchev–Trinajstić information content (AvgIpc) is 2.78. The van der Waals surface area contributed by atoms with Crippen molar-refractivity contribution in [2.24, 2.45) is 4.99 Å². The first-order valence-electron chi connectivity index (χ1n) is 6.35. The minimum atomic E-state index is 0. The molecule has 2 aliphatic heterocycles. The SMILES string of the molecule is CN=C1O[C@H](c2ccccc2)[C@H]2CCCCN12.Cl. The van der Waals surface area contributed by atoms with Gasteiger partial charge in [0.1, 0.15) is 6.10 Å². The predicted octanol–water partition coefficient (Wildman–Crippen LogP) is 3.02. The molecule has 4 heteroatoms. The monoisotopic (exact) mass is 266 g/mol. The van der Waals surface area contributed by atoms with Gasteiger partial charge in [0, 0.05) is 13.6 Å². The summed E-state index contributed by atoms with van der Waals surface area (Å²) in [6.07, 6.45) is 3.92. The van der Waals surface area contributed by atoms with Crippen molar-refractivity contribution in [3.8, 4) is 0 Å². The van der Waals surface area contributed by atoms with Crippen molar-refractivity contribution >= 4 is 18.4 Å². The number of ether oxygens (including phenoxy) is 1. The second kappa shape index (κ2) is 5.61. The van der Waals surface area contributed by atoms with Crippen molar-refractivity contribution in [2.75, 3.05) is 13.6 Å². The quantitative estimate of drug-likeness (QED) is 0.781. The number of rotatable bonds is 1. The molecule has 2 aliphatic rings. The van der Waals surface area contributed by atoms with Gasteiger partial charge in [-0.25, -0.2) is 4.99 Å². The summed E-state index contributed by atoms with van der Waals surface area (Å²) in [5.74, 6) is 0. The Hall–Kier alpha value is -1.22. The maximum absolute atomic E-state index is 6.02. The molecule has 2 fully saturated rings. The summed E-state index contributed by atoms with van der Waals surface area (Å²) in [6, 6.07) is 11.8. The zero-order chi connectivity index (χ0) is 11.7. The second-order valence-electron chi connectivity index (χ2n) is 4.71. The molecule has 0 amide bonds. The number of hydrogen-bond acceptors (Lipinski definition) is 2. The van der Waals surface area contributed by atoms with Crippen LogP contribution >= 0.6 is 12.4 Å². The Morgan fingerprint density at radius 3 is 2.72 bits per heavy atom. The third-order valence-electron chi connectivity index (χ3n) is 3.70. The van der Waals surface area contributed by atoms with Gasteiger partial charge in [0.15, 0.2) is 0 Å². The van der Waals surface area contributed by atoms with Gasteiger partial charge in [0.2, 0.25) is 0 Å². The van der Waals surface area contributed by atoms with Crippen molar-refractivity contribution in [2.45, 2.75) is 31.4 Å². The fourth-order valence-electron chi connectivity index (χ4n) is 2.88. The number of benzene rings is 1. The lowest BCUT2D eigenvalue weighted by atomic mass is 9.94. The van der Waals surface area contributed by atoms with Crippen molar-refractivity contribution in [3.05, 3.63) is 35.9 Å². The van der Waals surface area contributed by atoms with Gasteiger partial charge in [-0.2, -0.15) is 0 Å². The van der Waals surface area contributed by atoms with Crippen LogP contribution in [0.5, 0.6) is 0 Å². The standard InChI is InChI=1S/C14H18N2O.ClH/c1-15-14-16-10-6-5-9-12(16)13(17-14)11-7-3-2-4-8-11;/h2-4,7-8,12-13H,5-6,9-10H2,1H3;1H/t12-,13-;/m1./s1. The van der Waals surface area contributed by atoms with Crippen LogP contribution in [0.15, 0.2) is 35.3 Å². The van der Waals surface area contributed by atoms with Crippen molar-refractivity contribution in [1.82, 2.24) is 4.90 Å². The van der Waals surface area contributed by atoms with E-state index in [0.717, 1.165) is 12.6 Å². The molecule has 2 heterocycles. The molecule has 1 aromatic rings. The molecule has 2 atom stereocenters. The minimum absolute atomic E-state index is 0. The molecule has 3 nitrogen and oxygen atoms in total. The fourth-order valence-corrected chi connectivity index (χ4v) is 2.88. The Kier molecular flexibility index (Phi) is 4.12. The third kappa shape index (κ3) is 2.19. The van der Waals surface area contributed by atoms with Crippen LogP contribution in [0.2, 0.25) is 0 Å². The summed E-state index contributed by atoms with van der Waals surface area (Å²) in [5.41, 5.74) is 1.27. The second-order valence-corrected chi connectivity index (χ2v) is 4.71. The van der Waals surface area contributed by atoms with E-state index in [1.54, 1.807) is 0 Å². The first-order chi connectivity index (χ1) is 8.40. The van der Waals surface area contributed by atoms with Gasteiger partial charge in [0.25, 0.3) is 6.02 Å². The Morgan fingerprint density at radius 1 is 1.22 bits per heavy atom. The van der Waals surface area contributed by atoms with Crippen LogP contribution in [-0.2, 0) is 4.74 Å². The summed E-state index contributed by atoms with van der Waals surface area (Å²) >= 11 is 0. The molecule has 98 valence electrons. The van der Waals surface area contributed by atoms with Crippen molar-refractivity contribution in [1.29, 1.82) is 0 Å². The fraction of sp³-hybridized carbons (Fsp3) is 0.500. The van der Waals surface area contributed by atoms with Gasteiger partial charge in [-0.05, 0) is 24.8 Å². The highest BCUT2D eigenvalue weighted by molar-refractivity contribution is 5.85. The van der Waals surface area contributed by atoms with Gasteiger partial charge < -0.3 is 9.64 Å².